The first kappa shape index (κ1) is 15.6. The van der Waals surface area contributed by atoms with E-state index < -0.39 is 29.7 Å². The predicted octanol–water partition coefficient (Wildman–Crippen LogP) is 1.49. The van der Waals surface area contributed by atoms with Crippen LogP contribution in [0.2, 0.25) is 0 Å². The average molecular weight is 278 g/mol. The second-order valence-electron chi connectivity index (χ2n) is 4.53. The molecule has 1 aromatic rings. The number of carbonyl (C=O) groups excluding carboxylic acids is 1. The Labute approximate surface area is 116 Å². The number of nitrogens with zero attached hydrogens (tertiary/aromatic N) is 1. The molecule has 0 saturated heterocycles. The predicted molar refractivity (Wildman–Crippen MR) is 69.1 cm³/mol. The van der Waals surface area contributed by atoms with E-state index in [0.717, 1.165) is 0 Å². The highest BCUT2D eigenvalue weighted by molar-refractivity contribution is 5.85. The Morgan fingerprint density at radius 1 is 1.40 bits per heavy atom. The molecular weight excluding hydrogens is 263 g/mol. The molecule has 0 aliphatic heterocycles. The molecule has 0 radical (unpaired) electrons. The molecule has 1 aromatic carbocycles. The van der Waals surface area contributed by atoms with Gasteiger partial charge in [-0.3, -0.25) is 4.79 Å². The maximum Gasteiger partial charge on any atom is 0.326 e. The standard InChI is InChI=1S/C14H15FN2O3/c1-9(6-7-16)13(14(19)20)17-12(18)8-10-2-4-11(15)5-3-10/h2-5,9,13H,6,8H2,1H3,(H,17,18)(H,19,20)/t9-,13+/m0/s1. The van der Waals surface area contributed by atoms with Gasteiger partial charge in [0, 0.05) is 12.3 Å². The minimum atomic E-state index is -1.18. The highest BCUT2D eigenvalue weighted by Gasteiger charge is 2.26. The van der Waals surface area contributed by atoms with Crippen molar-refractivity contribution in [2.24, 2.45) is 5.92 Å². The molecule has 5 nitrogen and oxygen atoms in total. The van der Waals surface area contributed by atoms with Crippen LogP contribution in [0.1, 0.15) is 18.9 Å². The van der Waals surface area contributed by atoms with Crippen LogP contribution in [0.15, 0.2) is 24.3 Å². The Bertz CT molecular complexity index is 522. The molecule has 2 atom stereocenters. The van der Waals surface area contributed by atoms with Gasteiger partial charge in [0.05, 0.1) is 12.5 Å². The van der Waals surface area contributed by atoms with Gasteiger partial charge in [-0.1, -0.05) is 19.1 Å². The number of hydrogen-bond donors (Lipinski definition) is 2. The van der Waals surface area contributed by atoms with Crippen LogP contribution in [-0.4, -0.2) is 23.0 Å². The molecule has 0 saturated carbocycles. The van der Waals surface area contributed by atoms with Crippen LogP contribution in [0.3, 0.4) is 0 Å². The summed E-state index contributed by atoms with van der Waals surface area (Å²) in [4.78, 5) is 22.8. The fourth-order valence-corrected chi connectivity index (χ4v) is 1.72. The Hall–Kier alpha value is -2.42. The van der Waals surface area contributed by atoms with Crippen molar-refractivity contribution in [1.82, 2.24) is 5.32 Å². The Morgan fingerprint density at radius 2 is 2.00 bits per heavy atom. The summed E-state index contributed by atoms with van der Waals surface area (Å²) >= 11 is 0. The number of nitrogens with one attached hydrogen (secondary N) is 1. The number of rotatable bonds is 6. The first-order chi connectivity index (χ1) is 9.43. The molecule has 20 heavy (non-hydrogen) atoms. The van der Waals surface area contributed by atoms with Crippen LogP contribution < -0.4 is 5.32 Å². The summed E-state index contributed by atoms with van der Waals surface area (Å²) in [6.07, 6.45) is -0.00285. The zero-order valence-corrected chi connectivity index (χ0v) is 11.0. The van der Waals surface area contributed by atoms with Gasteiger partial charge in [-0.25, -0.2) is 9.18 Å². The summed E-state index contributed by atoms with van der Waals surface area (Å²) in [6.45, 7) is 1.58. The fraction of sp³-hybridized carbons (Fsp3) is 0.357. The van der Waals surface area contributed by atoms with Crippen LogP contribution in [0.5, 0.6) is 0 Å². The van der Waals surface area contributed by atoms with Gasteiger partial charge in [0.15, 0.2) is 0 Å². The number of nitriles is 1. The maximum absolute atomic E-state index is 12.7. The Kier molecular flexibility index (Phi) is 5.66. The van der Waals surface area contributed by atoms with Gasteiger partial charge >= 0.3 is 5.97 Å². The zero-order chi connectivity index (χ0) is 15.1. The third-order valence-corrected chi connectivity index (χ3v) is 2.84. The van der Waals surface area contributed by atoms with Gasteiger partial charge in [-0.2, -0.15) is 5.26 Å². The van der Waals surface area contributed by atoms with Crippen molar-refractivity contribution in [1.29, 1.82) is 5.26 Å². The molecule has 0 aliphatic carbocycles. The van der Waals surface area contributed by atoms with E-state index in [2.05, 4.69) is 5.32 Å². The molecule has 0 heterocycles. The van der Waals surface area contributed by atoms with Crippen molar-refractivity contribution in [3.05, 3.63) is 35.6 Å². The maximum atomic E-state index is 12.7. The van der Waals surface area contributed by atoms with Crippen LogP contribution in [0.25, 0.3) is 0 Å². The van der Waals surface area contributed by atoms with Gasteiger partial charge in [0.2, 0.25) is 5.91 Å². The van der Waals surface area contributed by atoms with Crippen LogP contribution in [0.4, 0.5) is 4.39 Å². The summed E-state index contributed by atoms with van der Waals surface area (Å²) in [6, 6.07) is 6.15. The van der Waals surface area contributed by atoms with Crippen molar-refractivity contribution in [3.63, 3.8) is 0 Å². The number of carbonyl (C=O) groups is 2. The van der Waals surface area contributed by atoms with Crippen molar-refractivity contribution >= 4 is 11.9 Å². The molecule has 1 amide bonds. The van der Waals surface area contributed by atoms with E-state index in [1.807, 2.05) is 6.07 Å². The third-order valence-electron chi connectivity index (χ3n) is 2.84. The van der Waals surface area contributed by atoms with Crippen molar-refractivity contribution < 1.29 is 19.1 Å². The summed E-state index contributed by atoms with van der Waals surface area (Å²) < 4.78 is 12.7. The van der Waals surface area contributed by atoms with Gasteiger partial charge in [0.25, 0.3) is 0 Å². The number of hydrogen-bond acceptors (Lipinski definition) is 3. The van der Waals surface area contributed by atoms with Gasteiger partial charge in [-0.05, 0) is 17.7 Å². The van der Waals surface area contributed by atoms with Gasteiger partial charge in [0.1, 0.15) is 11.9 Å². The first-order valence-electron chi connectivity index (χ1n) is 6.07. The van der Waals surface area contributed by atoms with E-state index in [4.69, 9.17) is 10.4 Å². The zero-order valence-electron chi connectivity index (χ0n) is 11.0. The topological polar surface area (TPSA) is 90.2 Å². The molecule has 2 N–H and O–H groups in total. The molecule has 0 aromatic heterocycles. The molecule has 0 fully saturated rings. The molecule has 0 bridgehead atoms. The van der Waals surface area contributed by atoms with E-state index in [1.54, 1.807) is 6.92 Å². The lowest BCUT2D eigenvalue weighted by atomic mass is 9.98. The summed E-state index contributed by atoms with van der Waals surface area (Å²) in [5.74, 6) is -2.55. The minimum Gasteiger partial charge on any atom is -0.480 e. The second kappa shape index (κ2) is 7.24. The second-order valence-corrected chi connectivity index (χ2v) is 4.53. The van der Waals surface area contributed by atoms with Crippen molar-refractivity contribution in [2.45, 2.75) is 25.8 Å². The lowest BCUT2D eigenvalue weighted by molar-refractivity contribution is -0.143. The molecular formula is C14H15FN2O3. The van der Waals surface area contributed by atoms with Crippen molar-refractivity contribution in [3.8, 4) is 6.07 Å². The third kappa shape index (κ3) is 4.69. The number of aliphatic carboxylic acids is 1. The number of benzene rings is 1. The number of carboxylic acids is 1. The number of halogens is 1. The van der Waals surface area contributed by atoms with Gasteiger partial charge in [-0.15, -0.1) is 0 Å². The van der Waals surface area contributed by atoms with E-state index in [0.29, 0.717) is 5.56 Å². The monoisotopic (exact) mass is 278 g/mol. The molecule has 0 aliphatic rings. The summed E-state index contributed by atoms with van der Waals surface area (Å²) in [5, 5.41) is 20.0. The van der Waals surface area contributed by atoms with E-state index >= 15 is 0 Å². The molecule has 1 rings (SSSR count). The van der Waals surface area contributed by atoms with Crippen LogP contribution in [-0.2, 0) is 16.0 Å². The molecule has 0 unspecified atom stereocenters. The molecule has 0 spiro atoms. The number of carboxylic acid groups (broad SMARTS) is 1. The SMILES string of the molecule is C[C@@H](CC#N)[C@@H](NC(=O)Cc1ccc(F)cc1)C(=O)O. The molecule has 6 heteroatoms. The Morgan fingerprint density at radius 3 is 2.50 bits per heavy atom. The average Bonchev–Trinajstić information content (AvgIpc) is 2.38. The number of amides is 1. The normalized spacial score (nSPS) is 13.1. The fourth-order valence-electron chi connectivity index (χ4n) is 1.72. The quantitative estimate of drug-likeness (QED) is 0.824. The van der Waals surface area contributed by atoms with Crippen LogP contribution in [0, 0.1) is 23.1 Å². The van der Waals surface area contributed by atoms with E-state index in [9.17, 15) is 14.0 Å². The van der Waals surface area contributed by atoms with Crippen molar-refractivity contribution in [2.75, 3.05) is 0 Å². The lowest BCUT2D eigenvalue weighted by Crippen LogP contribution is -2.45. The first-order valence-corrected chi connectivity index (χ1v) is 6.07. The van der Waals surface area contributed by atoms with E-state index in [-0.39, 0.29) is 12.8 Å². The summed E-state index contributed by atoms with van der Waals surface area (Å²) in [7, 11) is 0. The molecule has 106 valence electrons. The smallest absolute Gasteiger partial charge is 0.326 e. The largest absolute Gasteiger partial charge is 0.480 e. The highest BCUT2D eigenvalue weighted by Crippen LogP contribution is 2.09. The van der Waals surface area contributed by atoms with Crippen LogP contribution >= 0.6 is 0 Å². The highest BCUT2D eigenvalue weighted by atomic mass is 19.1. The summed E-state index contributed by atoms with van der Waals surface area (Å²) in [5.41, 5.74) is 0.584. The Balaban J connectivity index is 2.65. The lowest BCUT2D eigenvalue weighted by Gasteiger charge is -2.19. The van der Waals surface area contributed by atoms with Gasteiger partial charge < -0.3 is 10.4 Å². The van der Waals surface area contributed by atoms with E-state index in [1.165, 1.54) is 24.3 Å². The minimum absolute atomic E-state index is 0.0355.